The Morgan fingerprint density at radius 2 is 1.79 bits per heavy atom. The number of aromatic nitrogens is 4. The number of anilines is 1. The molecule has 9 heteroatoms. The summed E-state index contributed by atoms with van der Waals surface area (Å²) in [5.74, 6) is -0.138. The van der Waals surface area contributed by atoms with Crippen molar-refractivity contribution in [1.82, 2.24) is 25.1 Å². The van der Waals surface area contributed by atoms with Gasteiger partial charge in [-0.15, -0.1) is 10.2 Å². The number of nitrogens with zero attached hydrogens (tertiary/aromatic N) is 5. The van der Waals surface area contributed by atoms with Gasteiger partial charge in [-0.25, -0.2) is 0 Å². The molecule has 0 aliphatic heterocycles. The Hall–Kier alpha value is -3.07. The number of tetrazole rings is 1. The molecule has 1 N–H and O–H groups in total. The smallest absolute Gasteiger partial charge is 0.246 e. The molecule has 144 valence electrons. The van der Waals surface area contributed by atoms with Gasteiger partial charge in [0.05, 0.1) is 6.54 Å². The van der Waals surface area contributed by atoms with Crippen LogP contribution in [0.25, 0.3) is 11.4 Å². The molecule has 0 radical (unpaired) electrons. The molecular formula is C19H19BrN6O2. The van der Waals surface area contributed by atoms with Crippen molar-refractivity contribution in [3.8, 4) is 11.4 Å². The van der Waals surface area contributed by atoms with Gasteiger partial charge in [-0.2, -0.15) is 4.80 Å². The average Bonchev–Trinajstić information content (AvgIpc) is 3.12. The number of hydrogen-bond donors (Lipinski definition) is 1. The van der Waals surface area contributed by atoms with Crippen LogP contribution in [0.4, 0.5) is 5.69 Å². The van der Waals surface area contributed by atoms with E-state index in [1.165, 1.54) is 9.70 Å². The summed E-state index contributed by atoms with van der Waals surface area (Å²) in [6.07, 6.45) is 0. The second-order valence-corrected chi connectivity index (χ2v) is 7.23. The van der Waals surface area contributed by atoms with Crippen LogP contribution in [-0.4, -0.2) is 50.5 Å². The lowest BCUT2D eigenvalue weighted by molar-refractivity contribution is -0.134. The molecular weight excluding hydrogens is 424 g/mol. The topological polar surface area (TPSA) is 93.0 Å². The molecule has 0 aliphatic carbocycles. The second-order valence-electron chi connectivity index (χ2n) is 6.31. The van der Waals surface area contributed by atoms with E-state index in [1.54, 1.807) is 7.05 Å². The van der Waals surface area contributed by atoms with E-state index in [4.69, 9.17) is 0 Å². The Morgan fingerprint density at radius 3 is 2.46 bits per heavy atom. The van der Waals surface area contributed by atoms with Gasteiger partial charge < -0.3 is 10.2 Å². The number of aryl methyl sites for hydroxylation is 1. The largest absolute Gasteiger partial charge is 0.335 e. The third-order valence-electron chi connectivity index (χ3n) is 3.97. The van der Waals surface area contributed by atoms with Gasteiger partial charge in [-0.1, -0.05) is 33.6 Å². The zero-order chi connectivity index (χ0) is 20.1. The van der Waals surface area contributed by atoms with E-state index < -0.39 is 0 Å². The number of benzene rings is 2. The molecule has 2 aromatic carbocycles. The molecule has 1 heterocycles. The summed E-state index contributed by atoms with van der Waals surface area (Å²) in [4.78, 5) is 27.0. The lowest BCUT2D eigenvalue weighted by Gasteiger charge is -2.16. The van der Waals surface area contributed by atoms with Crippen LogP contribution in [-0.2, 0) is 16.1 Å². The van der Waals surface area contributed by atoms with Gasteiger partial charge in [-0.05, 0) is 48.5 Å². The second kappa shape index (κ2) is 8.75. The highest BCUT2D eigenvalue weighted by Crippen LogP contribution is 2.17. The number of amides is 2. The van der Waals surface area contributed by atoms with E-state index >= 15 is 0 Å². The van der Waals surface area contributed by atoms with Crippen LogP contribution in [0.2, 0.25) is 0 Å². The monoisotopic (exact) mass is 442 g/mol. The van der Waals surface area contributed by atoms with Crippen LogP contribution < -0.4 is 5.32 Å². The lowest BCUT2D eigenvalue weighted by Crippen LogP contribution is -2.37. The summed E-state index contributed by atoms with van der Waals surface area (Å²) in [5.41, 5.74) is 2.59. The summed E-state index contributed by atoms with van der Waals surface area (Å²) in [7, 11) is 1.56. The first-order valence-electron chi connectivity index (χ1n) is 8.55. The van der Waals surface area contributed by atoms with E-state index in [-0.39, 0.29) is 24.9 Å². The highest BCUT2D eigenvalue weighted by molar-refractivity contribution is 9.10. The van der Waals surface area contributed by atoms with Crippen molar-refractivity contribution < 1.29 is 9.59 Å². The third-order valence-corrected chi connectivity index (χ3v) is 4.50. The first kappa shape index (κ1) is 19.7. The van der Waals surface area contributed by atoms with Crippen molar-refractivity contribution in [1.29, 1.82) is 0 Å². The standard InChI is InChI=1S/C19H19BrN6O2/c1-13-3-9-16(10-4-13)21-17(27)11-25(2)18(28)12-26-23-19(22-24-26)14-5-7-15(20)8-6-14/h3-10H,11-12H2,1-2H3,(H,21,27). The molecule has 0 saturated carbocycles. The number of nitrogens with one attached hydrogen (secondary N) is 1. The fraction of sp³-hybridized carbons (Fsp3) is 0.211. The van der Waals surface area contributed by atoms with Crippen molar-refractivity contribution in [3.63, 3.8) is 0 Å². The molecule has 3 rings (SSSR count). The van der Waals surface area contributed by atoms with E-state index in [2.05, 4.69) is 36.7 Å². The van der Waals surface area contributed by atoms with Crippen molar-refractivity contribution in [2.24, 2.45) is 0 Å². The van der Waals surface area contributed by atoms with Crippen molar-refractivity contribution >= 4 is 33.4 Å². The van der Waals surface area contributed by atoms with Gasteiger partial charge in [0, 0.05) is 22.8 Å². The Bertz CT molecular complexity index is 969. The van der Waals surface area contributed by atoms with E-state index in [0.717, 1.165) is 15.6 Å². The molecule has 0 atom stereocenters. The average molecular weight is 443 g/mol. The Labute approximate surface area is 170 Å². The predicted molar refractivity (Wildman–Crippen MR) is 108 cm³/mol. The first-order chi connectivity index (χ1) is 13.4. The van der Waals surface area contributed by atoms with Crippen LogP contribution in [0.3, 0.4) is 0 Å². The maximum Gasteiger partial charge on any atom is 0.246 e. The number of carbonyl (C=O) groups excluding carboxylic acids is 2. The molecule has 3 aromatic rings. The highest BCUT2D eigenvalue weighted by atomic mass is 79.9. The van der Waals surface area contributed by atoms with Gasteiger partial charge in [0.15, 0.2) is 0 Å². The SMILES string of the molecule is Cc1ccc(NC(=O)CN(C)C(=O)Cn2nnc(-c3ccc(Br)cc3)n2)cc1. The fourth-order valence-corrected chi connectivity index (χ4v) is 2.67. The molecule has 0 spiro atoms. The Balaban J connectivity index is 1.54. The zero-order valence-electron chi connectivity index (χ0n) is 15.5. The molecule has 0 saturated heterocycles. The van der Waals surface area contributed by atoms with Gasteiger partial charge in [0.1, 0.15) is 6.54 Å². The van der Waals surface area contributed by atoms with Gasteiger partial charge >= 0.3 is 0 Å². The normalized spacial score (nSPS) is 10.5. The third kappa shape index (κ3) is 5.23. The molecule has 0 bridgehead atoms. The summed E-state index contributed by atoms with van der Waals surface area (Å²) >= 11 is 3.37. The molecule has 0 unspecified atom stereocenters. The van der Waals surface area contributed by atoms with Gasteiger partial charge in [0.25, 0.3) is 0 Å². The molecule has 0 aliphatic rings. The predicted octanol–water partition coefficient (Wildman–Crippen LogP) is 2.51. The minimum Gasteiger partial charge on any atom is -0.335 e. The van der Waals surface area contributed by atoms with Crippen LogP contribution in [0, 0.1) is 6.92 Å². The van der Waals surface area contributed by atoms with Gasteiger partial charge in [0.2, 0.25) is 17.6 Å². The summed E-state index contributed by atoms with van der Waals surface area (Å²) < 4.78 is 0.948. The number of likely N-dealkylation sites (N-methyl/N-ethyl adjacent to an activating group) is 1. The molecule has 1 aromatic heterocycles. The van der Waals surface area contributed by atoms with Crippen molar-refractivity contribution in [2.45, 2.75) is 13.5 Å². The Kier molecular flexibility index (Phi) is 6.15. The quantitative estimate of drug-likeness (QED) is 0.632. The fourth-order valence-electron chi connectivity index (χ4n) is 2.41. The zero-order valence-corrected chi connectivity index (χ0v) is 17.0. The van der Waals surface area contributed by atoms with Gasteiger partial charge in [-0.3, -0.25) is 9.59 Å². The molecule has 28 heavy (non-hydrogen) atoms. The van der Waals surface area contributed by atoms with Crippen LogP contribution in [0.5, 0.6) is 0 Å². The maximum atomic E-state index is 12.3. The maximum absolute atomic E-state index is 12.3. The molecule has 2 amide bonds. The number of rotatable bonds is 6. The first-order valence-corrected chi connectivity index (χ1v) is 9.34. The molecule has 8 nitrogen and oxygen atoms in total. The Morgan fingerprint density at radius 1 is 1.11 bits per heavy atom. The minimum absolute atomic E-state index is 0.0685. The summed E-state index contributed by atoms with van der Waals surface area (Å²) in [6, 6.07) is 14.9. The van der Waals surface area contributed by atoms with E-state index in [1.807, 2.05) is 55.5 Å². The summed E-state index contributed by atoms with van der Waals surface area (Å²) in [6.45, 7) is 1.80. The van der Waals surface area contributed by atoms with Crippen LogP contribution in [0.15, 0.2) is 53.0 Å². The summed E-state index contributed by atoms with van der Waals surface area (Å²) in [5, 5.41) is 14.9. The lowest BCUT2D eigenvalue weighted by atomic mass is 10.2. The number of halogens is 1. The number of carbonyl (C=O) groups is 2. The van der Waals surface area contributed by atoms with Crippen LogP contribution in [0.1, 0.15) is 5.56 Å². The van der Waals surface area contributed by atoms with E-state index in [0.29, 0.717) is 11.5 Å². The van der Waals surface area contributed by atoms with E-state index in [9.17, 15) is 9.59 Å². The highest BCUT2D eigenvalue weighted by Gasteiger charge is 2.16. The van der Waals surface area contributed by atoms with Crippen LogP contribution >= 0.6 is 15.9 Å². The minimum atomic E-state index is -0.293. The van der Waals surface area contributed by atoms with Crippen molar-refractivity contribution in [3.05, 3.63) is 58.6 Å². The molecule has 0 fully saturated rings. The van der Waals surface area contributed by atoms with Crippen molar-refractivity contribution in [2.75, 3.05) is 18.9 Å². The number of hydrogen-bond acceptors (Lipinski definition) is 5.